The second kappa shape index (κ2) is 7.32. The predicted molar refractivity (Wildman–Crippen MR) is 121 cm³/mol. The van der Waals surface area contributed by atoms with E-state index < -0.39 is 0 Å². The normalized spacial score (nSPS) is 11.3. The van der Waals surface area contributed by atoms with E-state index in [-0.39, 0.29) is 17.5 Å². The molecule has 5 rings (SSSR count). The number of hydrogen-bond donors (Lipinski definition) is 2. The smallest absolute Gasteiger partial charge is 0.267 e. The zero-order valence-electron chi connectivity index (χ0n) is 15.1. The first-order chi connectivity index (χ1) is 14.5. The molecule has 0 aliphatic heterocycles. The molecule has 0 bridgehead atoms. The SMILES string of the molecule is O=C(Nc1ccc(-c2nc3cc(Cl)ccc3o2)c(O)c1)c1sc2ccccc2c1Cl. The van der Waals surface area contributed by atoms with Gasteiger partial charge in [0.1, 0.15) is 16.1 Å². The molecule has 0 spiro atoms. The second-order valence-electron chi connectivity index (χ2n) is 6.56. The molecule has 5 aromatic rings. The molecule has 0 saturated carbocycles. The third-order valence-electron chi connectivity index (χ3n) is 4.58. The van der Waals surface area contributed by atoms with Crippen molar-refractivity contribution in [1.29, 1.82) is 0 Å². The van der Waals surface area contributed by atoms with Crippen LogP contribution >= 0.6 is 34.5 Å². The van der Waals surface area contributed by atoms with Crippen molar-refractivity contribution in [2.75, 3.05) is 5.32 Å². The van der Waals surface area contributed by atoms with E-state index in [1.54, 1.807) is 30.3 Å². The molecule has 2 heterocycles. The monoisotopic (exact) mass is 454 g/mol. The lowest BCUT2D eigenvalue weighted by atomic mass is 10.1. The number of rotatable bonds is 3. The first-order valence-electron chi connectivity index (χ1n) is 8.87. The molecule has 2 N–H and O–H groups in total. The van der Waals surface area contributed by atoms with E-state index in [0.29, 0.717) is 37.3 Å². The Hall–Kier alpha value is -3.06. The number of thiophene rings is 1. The second-order valence-corrected chi connectivity index (χ2v) is 8.43. The fourth-order valence-electron chi connectivity index (χ4n) is 3.15. The molecule has 5 nitrogen and oxygen atoms in total. The van der Waals surface area contributed by atoms with Gasteiger partial charge in [-0.1, -0.05) is 41.4 Å². The summed E-state index contributed by atoms with van der Waals surface area (Å²) in [4.78, 5) is 17.5. The minimum atomic E-state index is -0.343. The van der Waals surface area contributed by atoms with Gasteiger partial charge in [-0.15, -0.1) is 11.3 Å². The van der Waals surface area contributed by atoms with Crippen molar-refractivity contribution in [3.63, 3.8) is 0 Å². The molecule has 0 radical (unpaired) electrons. The Bertz CT molecular complexity index is 1440. The standard InChI is InChI=1S/C22H12Cl2N2O3S/c23-11-5-8-17-15(9-11)26-22(29-17)13-7-6-12(10-16(13)27)25-21(28)20-19(24)14-3-1-2-4-18(14)30-20/h1-10,27H,(H,25,28). The maximum Gasteiger partial charge on any atom is 0.267 e. The first kappa shape index (κ1) is 18.9. The van der Waals surface area contributed by atoms with Gasteiger partial charge >= 0.3 is 0 Å². The number of anilines is 1. The third-order valence-corrected chi connectivity index (χ3v) is 6.49. The fourth-order valence-corrected chi connectivity index (χ4v) is 4.73. The van der Waals surface area contributed by atoms with Crippen LogP contribution in [0, 0.1) is 0 Å². The number of amides is 1. The summed E-state index contributed by atoms with van der Waals surface area (Å²) in [5, 5.41) is 15.0. The maximum atomic E-state index is 12.7. The molecule has 0 fully saturated rings. The highest BCUT2D eigenvalue weighted by Gasteiger charge is 2.18. The quantitative estimate of drug-likeness (QED) is 0.308. The Balaban J connectivity index is 1.43. The van der Waals surface area contributed by atoms with E-state index >= 15 is 0 Å². The van der Waals surface area contributed by atoms with Crippen molar-refractivity contribution in [3.05, 3.63) is 75.6 Å². The lowest BCUT2D eigenvalue weighted by molar-refractivity contribution is 0.103. The molecule has 8 heteroatoms. The van der Waals surface area contributed by atoms with Gasteiger partial charge in [0.2, 0.25) is 5.89 Å². The van der Waals surface area contributed by atoms with Crippen molar-refractivity contribution < 1.29 is 14.3 Å². The van der Waals surface area contributed by atoms with Crippen molar-refractivity contribution in [3.8, 4) is 17.2 Å². The van der Waals surface area contributed by atoms with Gasteiger partial charge in [-0.05, 0) is 36.4 Å². The van der Waals surface area contributed by atoms with Crippen LogP contribution in [-0.2, 0) is 0 Å². The van der Waals surface area contributed by atoms with E-state index in [9.17, 15) is 9.90 Å². The van der Waals surface area contributed by atoms with E-state index in [1.165, 1.54) is 17.4 Å². The minimum Gasteiger partial charge on any atom is -0.507 e. The van der Waals surface area contributed by atoms with E-state index in [1.807, 2.05) is 24.3 Å². The average Bonchev–Trinajstić information content (AvgIpc) is 3.29. The van der Waals surface area contributed by atoms with Gasteiger partial charge in [0.25, 0.3) is 5.91 Å². The molecule has 0 saturated heterocycles. The minimum absolute atomic E-state index is 0.0760. The van der Waals surface area contributed by atoms with E-state index in [0.717, 1.165) is 10.1 Å². The topological polar surface area (TPSA) is 75.4 Å². The van der Waals surface area contributed by atoms with Gasteiger partial charge in [0.05, 0.1) is 10.6 Å². The number of aromatic hydroxyl groups is 1. The van der Waals surface area contributed by atoms with Crippen molar-refractivity contribution in [2.45, 2.75) is 0 Å². The number of aromatic nitrogens is 1. The Morgan fingerprint density at radius 1 is 1.07 bits per heavy atom. The molecule has 148 valence electrons. The summed E-state index contributed by atoms with van der Waals surface area (Å²) in [5.74, 6) is -0.159. The van der Waals surface area contributed by atoms with E-state index in [2.05, 4.69) is 10.3 Å². The lowest BCUT2D eigenvalue weighted by Crippen LogP contribution is -2.10. The number of phenols is 1. The zero-order chi connectivity index (χ0) is 20.8. The number of oxazole rings is 1. The molecule has 0 unspecified atom stereocenters. The van der Waals surface area contributed by atoms with Crippen LogP contribution in [0.4, 0.5) is 5.69 Å². The molecule has 0 aliphatic carbocycles. The number of carbonyl (C=O) groups is 1. The Morgan fingerprint density at radius 3 is 2.70 bits per heavy atom. The van der Waals surface area contributed by atoms with Gasteiger partial charge in [-0.25, -0.2) is 4.98 Å². The van der Waals surface area contributed by atoms with Gasteiger partial charge in [-0.3, -0.25) is 4.79 Å². The van der Waals surface area contributed by atoms with Gasteiger partial charge < -0.3 is 14.8 Å². The number of nitrogens with one attached hydrogen (secondary N) is 1. The number of hydrogen-bond acceptors (Lipinski definition) is 5. The summed E-state index contributed by atoms with van der Waals surface area (Å²) in [6.45, 7) is 0. The highest BCUT2D eigenvalue weighted by Crippen LogP contribution is 2.37. The molecule has 30 heavy (non-hydrogen) atoms. The van der Waals surface area contributed by atoms with Crippen molar-refractivity contribution >= 4 is 67.3 Å². The van der Waals surface area contributed by atoms with Crippen LogP contribution in [-0.4, -0.2) is 16.0 Å². The number of halogens is 2. The summed E-state index contributed by atoms with van der Waals surface area (Å²) in [7, 11) is 0. The van der Waals surface area contributed by atoms with Crippen LogP contribution in [0.1, 0.15) is 9.67 Å². The summed E-state index contributed by atoms with van der Waals surface area (Å²) >= 11 is 13.7. The number of nitrogens with zero attached hydrogens (tertiary/aromatic N) is 1. The molecule has 2 aromatic heterocycles. The van der Waals surface area contributed by atoms with Crippen LogP contribution in [0.5, 0.6) is 5.75 Å². The number of phenolic OH excluding ortho intramolecular Hbond substituents is 1. The van der Waals surface area contributed by atoms with Gasteiger partial charge in [0, 0.05) is 26.9 Å². The number of carbonyl (C=O) groups excluding carboxylic acids is 1. The first-order valence-corrected chi connectivity index (χ1v) is 10.4. The molecule has 0 atom stereocenters. The lowest BCUT2D eigenvalue weighted by Gasteiger charge is -2.07. The summed E-state index contributed by atoms with van der Waals surface area (Å²) < 4.78 is 6.63. The van der Waals surface area contributed by atoms with E-state index in [4.69, 9.17) is 27.6 Å². The molecule has 1 amide bonds. The van der Waals surface area contributed by atoms with Crippen LogP contribution in [0.15, 0.2) is 65.1 Å². The predicted octanol–water partition coefficient (Wildman–Crippen LogP) is 6.97. The molecule has 3 aromatic carbocycles. The highest BCUT2D eigenvalue weighted by molar-refractivity contribution is 7.21. The third kappa shape index (κ3) is 3.29. The maximum absolute atomic E-state index is 12.7. The van der Waals surface area contributed by atoms with Crippen molar-refractivity contribution in [2.24, 2.45) is 0 Å². The van der Waals surface area contributed by atoms with Crippen LogP contribution < -0.4 is 5.32 Å². The van der Waals surface area contributed by atoms with Gasteiger partial charge in [0.15, 0.2) is 5.58 Å². The van der Waals surface area contributed by atoms with Crippen molar-refractivity contribution in [1.82, 2.24) is 4.98 Å². The molecular formula is C22H12Cl2N2O3S. The Morgan fingerprint density at radius 2 is 1.90 bits per heavy atom. The Labute approximate surface area is 184 Å². The zero-order valence-corrected chi connectivity index (χ0v) is 17.5. The summed E-state index contributed by atoms with van der Waals surface area (Å²) in [5.41, 5.74) is 1.98. The number of benzene rings is 3. The van der Waals surface area contributed by atoms with Crippen LogP contribution in [0.2, 0.25) is 10.0 Å². The van der Waals surface area contributed by atoms with Crippen LogP contribution in [0.25, 0.3) is 32.6 Å². The fraction of sp³-hybridized carbons (Fsp3) is 0. The van der Waals surface area contributed by atoms with Gasteiger partial charge in [-0.2, -0.15) is 0 Å². The summed E-state index contributed by atoms with van der Waals surface area (Å²) in [6, 6.07) is 17.4. The highest BCUT2D eigenvalue weighted by atomic mass is 35.5. The molecular weight excluding hydrogens is 443 g/mol. The summed E-state index contributed by atoms with van der Waals surface area (Å²) in [6.07, 6.45) is 0. The van der Waals surface area contributed by atoms with Crippen LogP contribution in [0.3, 0.4) is 0 Å². The Kier molecular flexibility index (Phi) is 4.62. The average molecular weight is 455 g/mol. The molecule has 0 aliphatic rings. The number of fused-ring (bicyclic) bond motifs is 2. The largest absolute Gasteiger partial charge is 0.507 e.